The maximum absolute atomic E-state index is 13.2. The number of rotatable bonds is 1. The highest BCUT2D eigenvalue weighted by atomic mass is 32.2. The van der Waals surface area contributed by atoms with Crippen LogP contribution in [0.3, 0.4) is 0 Å². The molecule has 132 valence electrons. The average molecular weight is 365 g/mol. The minimum Gasteiger partial charge on any atom is -0.294 e. The number of aliphatic imine (C=N–C) groups is 1. The van der Waals surface area contributed by atoms with Gasteiger partial charge in [0.2, 0.25) is 0 Å². The van der Waals surface area contributed by atoms with E-state index in [1.807, 2.05) is 0 Å². The van der Waals surface area contributed by atoms with Gasteiger partial charge in [-0.1, -0.05) is 18.2 Å². The lowest BCUT2D eigenvalue weighted by molar-refractivity contribution is -0.137. The molecule has 3 aliphatic rings. The first-order valence-corrected chi connectivity index (χ1v) is 9.62. The van der Waals surface area contributed by atoms with E-state index in [0.29, 0.717) is 17.6 Å². The number of hydrogen-bond acceptors (Lipinski definition) is 3. The van der Waals surface area contributed by atoms with Crippen molar-refractivity contribution in [1.29, 1.82) is 0 Å². The number of hydrogen-bond donors (Lipinski definition) is 0. The molecule has 2 unspecified atom stereocenters. The molecule has 2 heterocycles. The van der Waals surface area contributed by atoms with Gasteiger partial charge in [0.15, 0.2) is 5.78 Å². The molecule has 0 saturated carbocycles. The van der Waals surface area contributed by atoms with E-state index in [2.05, 4.69) is 0 Å². The van der Waals surface area contributed by atoms with Crippen LogP contribution in [0.1, 0.15) is 49.1 Å². The van der Waals surface area contributed by atoms with Crippen molar-refractivity contribution >= 4 is 23.3 Å². The number of Topliss-reactive ketones (excluding diaryl/α,β-unsaturated/α-hetero) is 1. The first kappa shape index (κ1) is 16.9. The Morgan fingerprint density at radius 3 is 2.76 bits per heavy atom. The van der Waals surface area contributed by atoms with Crippen LogP contribution < -0.4 is 0 Å². The van der Waals surface area contributed by atoms with Gasteiger partial charge >= 0.3 is 6.18 Å². The standard InChI is InChI=1S/C19H18F3NOS/c20-19(21,22)12-5-1-4-11(10-12)16-17-13(6-2-8-15(17)24)23-14-7-3-9-25-18(14)16/h1,4-5,10,16,18H,2-3,6-9H2. The summed E-state index contributed by atoms with van der Waals surface area (Å²) in [6, 6.07) is 5.48. The summed E-state index contributed by atoms with van der Waals surface area (Å²) in [6.45, 7) is 0. The van der Waals surface area contributed by atoms with Crippen molar-refractivity contribution < 1.29 is 18.0 Å². The molecule has 1 fully saturated rings. The fourth-order valence-corrected chi connectivity index (χ4v) is 5.41. The van der Waals surface area contributed by atoms with Gasteiger partial charge in [0.1, 0.15) is 0 Å². The van der Waals surface area contributed by atoms with Gasteiger partial charge in [0.25, 0.3) is 0 Å². The summed E-state index contributed by atoms with van der Waals surface area (Å²) < 4.78 is 39.5. The fraction of sp³-hybridized carbons (Fsp3) is 0.474. The minimum atomic E-state index is -4.38. The monoisotopic (exact) mass is 365 g/mol. The van der Waals surface area contributed by atoms with Crippen molar-refractivity contribution in [3.05, 3.63) is 46.7 Å². The second-order valence-corrected chi connectivity index (χ2v) is 7.99. The first-order valence-electron chi connectivity index (χ1n) is 8.57. The Hall–Kier alpha value is -1.56. The second-order valence-electron chi connectivity index (χ2n) is 6.74. The molecule has 4 rings (SSSR count). The smallest absolute Gasteiger partial charge is 0.294 e. The molecule has 1 aromatic carbocycles. The van der Waals surface area contributed by atoms with E-state index in [1.165, 1.54) is 12.1 Å². The number of carbonyl (C=O) groups excluding carboxylic acids is 1. The molecule has 1 aromatic rings. The summed E-state index contributed by atoms with van der Waals surface area (Å²) >= 11 is 1.72. The van der Waals surface area contributed by atoms with E-state index >= 15 is 0 Å². The topological polar surface area (TPSA) is 29.4 Å². The van der Waals surface area contributed by atoms with Gasteiger partial charge in [0, 0.05) is 29.3 Å². The molecule has 6 heteroatoms. The Balaban J connectivity index is 1.84. The zero-order valence-electron chi connectivity index (χ0n) is 13.6. The molecule has 25 heavy (non-hydrogen) atoms. The molecule has 2 aliphatic heterocycles. The van der Waals surface area contributed by atoms with Crippen LogP contribution in [0.2, 0.25) is 0 Å². The normalized spacial score (nSPS) is 26.8. The third-order valence-electron chi connectivity index (χ3n) is 5.10. The number of halogens is 3. The Kier molecular flexibility index (Phi) is 4.26. The van der Waals surface area contributed by atoms with Crippen molar-refractivity contribution in [2.24, 2.45) is 4.99 Å². The highest BCUT2D eigenvalue weighted by molar-refractivity contribution is 8.00. The predicted octanol–water partition coefficient (Wildman–Crippen LogP) is 5.15. The van der Waals surface area contributed by atoms with E-state index in [9.17, 15) is 18.0 Å². The molecule has 1 aliphatic carbocycles. The van der Waals surface area contributed by atoms with Gasteiger partial charge in [-0.15, -0.1) is 0 Å². The molecule has 0 aromatic heterocycles. The van der Waals surface area contributed by atoms with Gasteiger partial charge in [-0.05, 0) is 43.1 Å². The lowest BCUT2D eigenvalue weighted by Crippen LogP contribution is -2.37. The molecule has 0 spiro atoms. The molecular weight excluding hydrogens is 347 g/mol. The Bertz CT molecular complexity index is 781. The van der Waals surface area contributed by atoms with Crippen molar-refractivity contribution in [3.63, 3.8) is 0 Å². The number of alkyl halides is 3. The number of carbonyl (C=O) groups is 1. The molecule has 1 saturated heterocycles. The van der Waals surface area contributed by atoms with Crippen LogP contribution >= 0.6 is 11.8 Å². The summed E-state index contributed by atoms with van der Waals surface area (Å²) in [4.78, 5) is 17.4. The maximum Gasteiger partial charge on any atom is 0.416 e. The molecule has 0 bridgehead atoms. The summed E-state index contributed by atoms with van der Waals surface area (Å²) in [5.74, 6) is 0.705. The largest absolute Gasteiger partial charge is 0.416 e. The Morgan fingerprint density at radius 2 is 1.96 bits per heavy atom. The number of benzene rings is 1. The van der Waals surface area contributed by atoms with Crippen LogP contribution in [-0.2, 0) is 11.0 Å². The summed E-state index contributed by atoms with van der Waals surface area (Å²) in [6.07, 6.45) is -0.478. The van der Waals surface area contributed by atoms with Crippen LogP contribution in [0.25, 0.3) is 0 Å². The van der Waals surface area contributed by atoms with Crippen LogP contribution in [-0.4, -0.2) is 22.5 Å². The summed E-state index contributed by atoms with van der Waals surface area (Å²) in [7, 11) is 0. The number of ketones is 1. The SMILES string of the molecule is O=C1CCCC2=C1C(c1cccc(C(F)(F)F)c1)C1SCCCC1=N2. The van der Waals surface area contributed by atoms with Gasteiger partial charge in [-0.3, -0.25) is 9.79 Å². The molecule has 0 amide bonds. The van der Waals surface area contributed by atoms with Crippen LogP contribution in [0.4, 0.5) is 13.2 Å². The van der Waals surface area contributed by atoms with Gasteiger partial charge < -0.3 is 0 Å². The lowest BCUT2D eigenvalue weighted by Gasteiger charge is -2.38. The van der Waals surface area contributed by atoms with E-state index in [-0.39, 0.29) is 17.0 Å². The van der Waals surface area contributed by atoms with E-state index in [0.717, 1.165) is 48.9 Å². The van der Waals surface area contributed by atoms with Crippen molar-refractivity contribution in [3.8, 4) is 0 Å². The van der Waals surface area contributed by atoms with Crippen LogP contribution in [0.15, 0.2) is 40.5 Å². The average Bonchev–Trinajstić information content (AvgIpc) is 2.59. The first-order chi connectivity index (χ1) is 11.9. The van der Waals surface area contributed by atoms with Crippen molar-refractivity contribution in [2.45, 2.75) is 49.4 Å². The number of fused-ring (bicyclic) bond motifs is 1. The number of thioether (sulfide) groups is 1. The predicted molar refractivity (Wildman–Crippen MR) is 93.0 cm³/mol. The number of nitrogens with zero attached hydrogens (tertiary/aromatic N) is 1. The van der Waals surface area contributed by atoms with Gasteiger partial charge in [-0.25, -0.2) is 0 Å². The van der Waals surface area contributed by atoms with Crippen LogP contribution in [0, 0.1) is 0 Å². The van der Waals surface area contributed by atoms with Crippen molar-refractivity contribution in [1.82, 2.24) is 0 Å². The third-order valence-corrected chi connectivity index (χ3v) is 6.52. The highest BCUT2D eigenvalue weighted by Gasteiger charge is 2.42. The zero-order valence-corrected chi connectivity index (χ0v) is 14.4. The van der Waals surface area contributed by atoms with Crippen LogP contribution in [0.5, 0.6) is 0 Å². The van der Waals surface area contributed by atoms with E-state index < -0.39 is 11.7 Å². The molecule has 0 radical (unpaired) electrons. The maximum atomic E-state index is 13.2. The van der Waals surface area contributed by atoms with E-state index in [4.69, 9.17) is 4.99 Å². The van der Waals surface area contributed by atoms with Gasteiger partial charge in [-0.2, -0.15) is 24.9 Å². The molecule has 2 atom stereocenters. The van der Waals surface area contributed by atoms with E-state index in [1.54, 1.807) is 17.8 Å². The quantitative estimate of drug-likeness (QED) is 0.689. The highest BCUT2D eigenvalue weighted by Crippen LogP contribution is 2.47. The second kappa shape index (κ2) is 6.31. The Morgan fingerprint density at radius 1 is 1.12 bits per heavy atom. The Labute approximate surface area is 148 Å². The lowest BCUT2D eigenvalue weighted by atomic mass is 9.76. The zero-order chi connectivity index (χ0) is 17.6. The number of allylic oxidation sites excluding steroid dienone is 2. The summed E-state index contributed by atoms with van der Waals surface area (Å²) in [5.41, 5.74) is 2.46. The molecular formula is C19H18F3NOS. The third kappa shape index (κ3) is 3.05. The fourth-order valence-electron chi connectivity index (χ4n) is 4.00. The minimum absolute atomic E-state index is 0.0157. The van der Waals surface area contributed by atoms with Crippen molar-refractivity contribution in [2.75, 3.05) is 5.75 Å². The molecule has 2 nitrogen and oxygen atoms in total. The molecule has 0 N–H and O–H groups in total. The van der Waals surface area contributed by atoms with Gasteiger partial charge in [0.05, 0.1) is 10.8 Å². The summed E-state index contributed by atoms with van der Waals surface area (Å²) in [5, 5.41) is -0.0157.